The molecule has 1 aromatic carbocycles. The average Bonchev–Trinajstić information content (AvgIpc) is 2.33. The van der Waals surface area contributed by atoms with Crippen LogP contribution in [0, 0.1) is 5.92 Å². The minimum absolute atomic E-state index is 0.0492. The van der Waals surface area contributed by atoms with Crippen LogP contribution in [0.25, 0.3) is 0 Å². The van der Waals surface area contributed by atoms with Gasteiger partial charge >= 0.3 is 12.2 Å². The van der Waals surface area contributed by atoms with E-state index in [2.05, 4.69) is 10.6 Å². The maximum Gasteiger partial charge on any atom is 0.416 e. The van der Waals surface area contributed by atoms with E-state index in [4.69, 9.17) is 0 Å². The highest BCUT2D eigenvalue weighted by Gasteiger charge is 2.33. The molecule has 1 fully saturated rings. The molecule has 0 saturated carbocycles. The Labute approximate surface area is 119 Å². The van der Waals surface area contributed by atoms with Crippen molar-refractivity contribution in [2.75, 3.05) is 23.4 Å². The van der Waals surface area contributed by atoms with E-state index in [0.29, 0.717) is 0 Å². The van der Waals surface area contributed by atoms with Crippen LogP contribution in [0.5, 0.6) is 0 Å². The molecule has 1 saturated heterocycles. The van der Waals surface area contributed by atoms with Gasteiger partial charge in [0.25, 0.3) is 0 Å². The first-order valence-electron chi connectivity index (χ1n) is 6.08. The van der Waals surface area contributed by atoms with Gasteiger partial charge in [0.05, 0.1) is 17.1 Å². The van der Waals surface area contributed by atoms with Crippen molar-refractivity contribution in [3.63, 3.8) is 0 Å². The SMILES string of the molecule is O=C(NCC1CS(=O)(=O)C1)Nc1ccc(C(F)(F)F)cc1. The minimum atomic E-state index is -4.42. The smallest absolute Gasteiger partial charge is 0.338 e. The van der Waals surface area contributed by atoms with Gasteiger partial charge in [-0.1, -0.05) is 0 Å². The standard InChI is InChI=1S/C12H13F3N2O3S/c13-12(14,15)9-1-3-10(4-2-9)17-11(18)16-5-8-6-21(19,20)7-8/h1-4,8H,5-7H2,(H2,16,17,18). The van der Waals surface area contributed by atoms with Gasteiger partial charge in [0.15, 0.2) is 9.84 Å². The van der Waals surface area contributed by atoms with Gasteiger partial charge in [0, 0.05) is 18.2 Å². The number of hydrogen-bond donors (Lipinski definition) is 2. The van der Waals surface area contributed by atoms with Crippen LogP contribution in [-0.2, 0) is 16.0 Å². The molecule has 0 aromatic heterocycles. The summed E-state index contributed by atoms with van der Waals surface area (Å²) in [6.07, 6.45) is -4.42. The van der Waals surface area contributed by atoms with E-state index in [1.807, 2.05) is 0 Å². The van der Waals surface area contributed by atoms with Crippen molar-refractivity contribution in [2.45, 2.75) is 6.18 Å². The van der Waals surface area contributed by atoms with Crippen LogP contribution < -0.4 is 10.6 Å². The monoisotopic (exact) mass is 322 g/mol. The van der Waals surface area contributed by atoms with Gasteiger partial charge in [-0.3, -0.25) is 0 Å². The highest BCUT2D eigenvalue weighted by molar-refractivity contribution is 7.92. The summed E-state index contributed by atoms with van der Waals surface area (Å²) in [5.74, 6) is -0.00504. The number of benzene rings is 1. The molecule has 1 aromatic rings. The third kappa shape index (κ3) is 4.35. The minimum Gasteiger partial charge on any atom is -0.338 e. The van der Waals surface area contributed by atoms with Crippen LogP contribution in [0.2, 0.25) is 0 Å². The summed E-state index contributed by atoms with van der Waals surface area (Å²) in [6, 6.07) is 3.45. The maximum absolute atomic E-state index is 12.4. The van der Waals surface area contributed by atoms with Crippen LogP contribution in [-0.4, -0.2) is 32.5 Å². The molecule has 0 atom stereocenters. The van der Waals surface area contributed by atoms with E-state index in [-0.39, 0.29) is 29.7 Å². The van der Waals surface area contributed by atoms with Gasteiger partial charge in [-0.05, 0) is 24.3 Å². The average molecular weight is 322 g/mol. The van der Waals surface area contributed by atoms with E-state index in [1.165, 1.54) is 0 Å². The Kier molecular flexibility index (Phi) is 4.13. The number of carbonyl (C=O) groups is 1. The van der Waals surface area contributed by atoms with Crippen molar-refractivity contribution in [2.24, 2.45) is 5.92 Å². The van der Waals surface area contributed by atoms with E-state index in [9.17, 15) is 26.4 Å². The fraction of sp³-hybridized carbons (Fsp3) is 0.417. The normalized spacial score (nSPS) is 17.9. The molecule has 2 N–H and O–H groups in total. The second kappa shape index (κ2) is 5.55. The molecule has 1 aliphatic rings. The number of anilines is 1. The number of halogens is 3. The predicted molar refractivity (Wildman–Crippen MR) is 70.6 cm³/mol. The number of amides is 2. The highest BCUT2D eigenvalue weighted by Crippen LogP contribution is 2.29. The number of hydrogen-bond acceptors (Lipinski definition) is 3. The molecular weight excluding hydrogens is 309 g/mol. The third-order valence-electron chi connectivity index (χ3n) is 3.00. The van der Waals surface area contributed by atoms with Gasteiger partial charge in [0.1, 0.15) is 0 Å². The molecule has 2 rings (SSSR count). The lowest BCUT2D eigenvalue weighted by Crippen LogP contribution is -2.44. The molecule has 5 nitrogen and oxygen atoms in total. The Balaban J connectivity index is 1.80. The molecule has 0 bridgehead atoms. The number of nitrogens with one attached hydrogen (secondary N) is 2. The van der Waals surface area contributed by atoms with Crippen molar-refractivity contribution in [3.05, 3.63) is 29.8 Å². The second-order valence-electron chi connectivity index (χ2n) is 4.85. The van der Waals surface area contributed by atoms with Crippen molar-refractivity contribution in [1.29, 1.82) is 0 Å². The molecule has 1 aliphatic heterocycles. The van der Waals surface area contributed by atoms with E-state index < -0.39 is 27.6 Å². The zero-order valence-corrected chi connectivity index (χ0v) is 11.6. The molecule has 2 amide bonds. The highest BCUT2D eigenvalue weighted by atomic mass is 32.2. The van der Waals surface area contributed by atoms with Gasteiger partial charge in [-0.25, -0.2) is 13.2 Å². The zero-order valence-electron chi connectivity index (χ0n) is 10.8. The predicted octanol–water partition coefficient (Wildman–Crippen LogP) is 1.87. The summed E-state index contributed by atoms with van der Waals surface area (Å²) in [4.78, 5) is 11.5. The first-order chi connectivity index (χ1) is 9.66. The van der Waals surface area contributed by atoms with Crippen molar-refractivity contribution < 1.29 is 26.4 Å². The molecule has 0 spiro atoms. The van der Waals surface area contributed by atoms with Gasteiger partial charge in [0.2, 0.25) is 0 Å². The Hall–Kier alpha value is -1.77. The zero-order chi connectivity index (χ0) is 15.7. The van der Waals surface area contributed by atoms with Gasteiger partial charge < -0.3 is 10.6 Å². The van der Waals surface area contributed by atoms with Crippen molar-refractivity contribution >= 4 is 21.6 Å². The fourth-order valence-electron chi connectivity index (χ4n) is 1.94. The van der Waals surface area contributed by atoms with Crippen LogP contribution in [0.4, 0.5) is 23.7 Å². The van der Waals surface area contributed by atoms with Crippen LogP contribution in [0.3, 0.4) is 0 Å². The van der Waals surface area contributed by atoms with Gasteiger partial charge in [-0.15, -0.1) is 0 Å². The summed E-state index contributed by atoms with van der Waals surface area (Å²) < 4.78 is 58.9. The lowest BCUT2D eigenvalue weighted by atomic mass is 10.2. The summed E-state index contributed by atoms with van der Waals surface area (Å²) in [5, 5.41) is 4.86. The summed E-state index contributed by atoms with van der Waals surface area (Å²) in [7, 11) is -2.93. The second-order valence-corrected chi connectivity index (χ2v) is 7.01. The number of sulfone groups is 1. The molecule has 116 valence electrons. The third-order valence-corrected chi connectivity index (χ3v) is 4.96. The molecule has 0 unspecified atom stereocenters. The quantitative estimate of drug-likeness (QED) is 0.892. The van der Waals surface area contributed by atoms with Crippen molar-refractivity contribution in [1.82, 2.24) is 5.32 Å². The van der Waals surface area contributed by atoms with Crippen molar-refractivity contribution in [3.8, 4) is 0 Å². The van der Waals surface area contributed by atoms with E-state index in [0.717, 1.165) is 24.3 Å². The Morgan fingerprint density at radius 3 is 2.24 bits per heavy atom. The summed E-state index contributed by atoms with van der Waals surface area (Å²) >= 11 is 0. The van der Waals surface area contributed by atoms with Crippen LogP contribution in [0.1, 0.15) is 5.56 Å². The maximum atomic E-state index is 12.4. The number of rotatable bonds is 3. The first-order valence-corrected chi connectivity index (χ1v) is 7.90. The molecule has 21 heavy (non-hydrogen) atoms. The van der Waals surface area contributed by atoms with Gasteiger partial charge in [-0.2, -0.15) is 13.2 Å². The Morgan fingerprint density at radius 2 is 1.76 bits per heavy atom. The number of carbonyl (C=O) groups excluding carboxylic acids is 1. The topological polar surface area (TPSA) is 75.3 Å². The number of alkyl halides is 3. The first kappa shape index (κ1) is 15.6. The van der Waals surface area contributed by atoms with E-state index >= 15 is 0 Å². The largest absolute Gasteiger partial charge is 0.416 e. The van der Waals surface area contributed by atoms with Crippen LogP contribution >= 0.6 is 0 Å². The number of urea groups is 1. The molecule has 0 aliphatic carbocycles. The molecule has 1 heterocycles. The Morgan fingerprint density at radius 1 is 1.19 bits per heavy atom. The molecule has 0 radical (unpaired) electrons. The fourth-order valence-corrected chi connectivity index (χ4v) is 3.52. The molecular formula is C12H13F3N2O3S. The summed E-state index contributed by atoms with van der Waals surface area (Å²) in [6.45, 7) is 0.214. The lowest BCUT2D eigenvalue weighted by molar-refractivity contribution is -0.137. The lowest BCUT2D eigenvalue weighted by Gasteiger charge is -2.25. The molecule has 9 heteroatoms. The van der Waals surface area contributed by atoms with Crippen LogP contribution in [0.15, 0.2) is 24.3 Å². The van der Waals surface area contributed by atoms with E-state index in [1.54, 1.807) is 0 Å². The Bertz CT molecular complexity index is 614. The summed E-state index contributed by atoms with van der Waals surface area (Å²) in [5.41, 5.74) is -0.574.